The van der Waals surface area contributed by atoms with Crippen molar-refractivity contribution in [3.63, 3.8) is 0 Å². The molecule has 1 N–H and O–H groups in total. The van der Waals surface area contributed by atoms with Gasteiger partial charge in [-0.2, -0.15) is 0 Å². The fourth-order valence-corrected chi connectivity index (χ4v) is 3.91. The molecule has 8 heteroatoms. The normalized spacial score (nSPS) is 11.9. The van der Waals surface area contributed by atoms with Crippen molar-refractivity contribution in [2.75, 3.05) is 25.6 Å². The number of aryl methyl sites for hydroxylation is 1. The van der Waals surface area contributed by atoms with Crippen molar-refractivity contribution in [3.05, 3.63) is 16.0 Å². The summed E-state index contributed by atoms with van der Waals surface area (Å²) in [5, 5.41) is 0. The smallest absolute Gasteiger partial charge is 0.250 e. The van der Waals surface area contributed by atoms with Crippen molar-refractivity contribution in [2.45, 2.75) is 11.1 Å². The summed E-state index contributed by atoms with van der Waals surface area (Å²) in [6.07, 6.45) is 0. The zero-order valence-electron chi connectivity index (χ0n) is 9.20. The number of thiophene rings is 1. The molecule has 4 nitrogen and oxygen atoms in total. The minimum Gasteiger partial charge on any atom is -0.379 e. The first kappa shape index (κ1) is 15.2. The molecule has 98 valence electrons. The van der Waals surface area contributed by atoms with Crippen LogP contribution in [0.4, 0.5) is 0 Å². The number of hydrogen-bond donors (Lipinski definition) is 1. The van der Waals surface area contributed by atoms with Crippen LogP contribution >= 0.6 is 34.5 Å². The highest BCUT2D eigenvalue weighted by Crippen LogP contribution is 2.29. The van der Waals surface area contributed by atoms with E-state index < -0.39 is 10.0 Å². The van der Waals surface area contributed by atoms with E-state index in [2.05, 4.69) is 4.72 Å². The Kier molecular flexibility index (Phi) is 6.19. The first-order valence-corrected chi connectivity index (χ1v) is 8.08. The van der Waals surface area contributed by atoms with Crippen LogP contribution in [0.5, 0.6) is 0 Å². The molecule has 0 aliphatic carbocycles. The number of sulfonamides is 1. The van der Waals surface area contributed by atoms with Crippen LogP contribution in [0.15, 0.2) is 10.3 Å². The Morgan fingerprint density at radius 3 is 2.71 bits per heavy atom. The lowest BCUT2D eigenvalue weighted by molar-refractivity contribution is 0.155. The maximum atomic E-state index is 11.8. The van der Waals surface area contributed by atoms with Gasteiger partial charge in [-0.3, -0.25) is 0 Å². The van der Waals surface area contributed by atoms with Gasteiger partial charge in [0.25, 0.3) is 0 Å². The highest BCUT2D eigenvalue weighted by molar-refractivity contribution is 7.91. The predicted molar refractivity (Wildman–Crippen MR) is 70.8 cm³/mol. The monoisotopic (exact) mass is 317 g/mol. The molecule has 0 saturated carbocycles. The topological polar surface area (TPSA) is 55.4 Å². The summed E-state index contributed by atoms with van der Waals surface area (Å²) < 4.78 is 31.8. The second-order valence-corrected chi connectivity index (χ2v) is 7.25. The fraction of sp³-hybridized carbons (Fsp3) is 0.556. The Hall–Kier alpha value is 0.150. The van der Waals surface area contributed by atoms with Crippen molar-refractivity contribution in [2.24, 2.45) is 0 Å². The summed E-state index contributed by atoms with van der Waals surface area (Å²) in [4.78, 5) is 0. The molecule has 0 saturated heterocycles. The quantitative estimate of drug-likeness (QED) is 0.620. The van der Waals surface area contributed by atoms with Crippen LogP contribution in [0.2, 0.25) is 4.34 Å². The van der Waals surface area contributed by atoms with E-state index in [0.717, 1.165) is 16.9 Å². The molecule has 0 fully saturated rings. The molecule has 0 unspecified atom stereocenters. The zero-order valence-corrected chi connectivity index (χ0v) is 12.3. The third-order valence-corrected chi connectivity index (χ3v) is 5.50. The predicted octanol–water partition coefficient (Wildman–Crippen LogP) is 2.24. The van der Waals surface area contributed by atoms with Gasteiger partial charge in [-0.05, 0) is 18.6 Å². The molecule has 0 aliphatic rings. The lowest BCUT2D eigenvalue weighted by Gasteiger charge is -2.04. The maximum absolute atomic E-state index is 11.8. The second-order valence-electron chi connectivity index (χ2n) is 3.22. The Bertz CT molecular complexity index is 439. The summed E-state index contributed by atoms with van der Waals surface area (Å²) in [6, 6.07) is 1.55. The molecule has 1 aromatic heterocycles. The summed E-state index contributed by atoms with van der Waals surface area (Å²) in [5.74, 6) is 0.395. The van der Waals surface area contributed by atoms with Crippen LogP contribution in [0.25, 0.3) is 0 Å². The van der Waals surface area contributed by atoms with E-state index in [0.29, 0.717) is 23.4 Å². The molecule has 0 radical (unpaired) electrons. The van der Waals surface area contributed by atoms with Crippen LogP contribution in [-0.4, -0.2) is 34.1 Å². The average Bonchev–Trinajstić information content (AvgIpc) is 2.60. The molecule has 0 aromatic carbocycles. The molecule has 1 aromatic rings. The number of alkyl halides is 1. The van der Waals surface area contributed by atoms with Gasteiger partial charge in [0.2, 0.25) is 10.0 Å². The van der Waals surface area contributed by atoms with Crippen molar-refractivity contribution >= 4 is 44.6 Å². The van der Waals surface area contributed by atoms with E-state index in [1.54, 1.807) is 13.0 Å². The van der Waals surface area contributed by atoms with Crippen molar-refractivity contribution in [3.8, 4) is 0 Å². The third kappa shape index (κ3) is 4.73. The highest BCUT2D eigenvalue weighted by atomic mass is 35.5. The van der Waals surface area contributed by atoms with E-state index in [1.165, 1.54) is 0 Å². The number of rotatable bonds is 7. The Morgan fingerprint density at radius 2 is 2.18 bits per heavy atom. The van der Waals surface area contributed by atoms with Gasteiger partial charge in [-0.15, -0.1) is 22.9 Å². The molecule has 0 amide bonds. The van der Waals surface area contributed by atoms with E-state index in [-0.39, 0.29) is 10.8 Å². The number of ether oxygens (including phenoxy) is 1. The SMILES string of the molecule is Cc1cc(S(=O)(=O)NCCOCCCl)sc1Cl. The molecular weight excluding hydrogens is 305 g/mol. The second kappa shape index (κ2) is 6.92. The van der Waals surface area contributed by atoms with Crippen LogP contribution in [0.3, 0.4) is 0 Å². The van der Waals surface area contributed by atoms with E-state index in [1.807, 2.05) is 0 Å². The summed E-state index contributed by atoms with van der Waals surface area (Å²) in [5.41, 5.74) is 0.760. The third-order valence-electron chi connectivity index (χ3n) is 1.86. The first-order chi connectivity index (χ1) is 7.97. The van der Waals surface area contributed by atoms with E-state index >= 15 is 0 Å². The van der Waals surface area contributed by atoms with Crippen LogP contribution in [0, 0.1) is 6.92 Å². The van der Waals surface area contributed by atoms with Crippen LogP contribution in [0.1, 0.15) is 5.56 Å². The molecule has 17 heavy (non-hydrogen) atoms. The van der Waals surface area contributed by atoms with Gasteiger partial charge in [-0.1, -0.05) is 11.6 Å². The molecule has 0 spiro atoms. The number of hydrogen-bond acceptors (Lipinski definition) is 4. The van der Waals surface area contributed by atoms with Gasteiger partial charge >= 0.3 is 0 Å². The maximum Gasteiger partial charge on any atom is 0.250 e. The van der Waals surface area contributed by atoms with Crippen LogP contribution in [-0.2, 0) is 14.8 Å². The molecule has 1 heterocycles. The van der Waals surface area contributed by atoms with Crippen LogP contribution < -0.4 is 4.72 Å². The van der Waals surface area contributed by atoms with E-state index in [4.69, 9.17) is 27.9 Å². The Morgan fingerprint density at radius 1 is 1.47 bits per heavy atom. The lowest BCUT2D eigenvalue weighted by Crippen LogP contribution is -2.27. The van der Waals surface area contributed by atoms with Gasteiger partial charge in [0, 0.05) is 12.4 Å². The van der Waals surface area contributed by atoms with Gasteiger partial charge in [0.05, 0.1) is 17.6 Å². The van der Waals surface area contributed by atoms with Crippen molar-refractivity contribution < 1.29 is 13.2 Å². The number of nitrogens with one attached hydrogen (secondary N) is 1. The summed E-state index contributed by atoms with van der Waals surface area (Å²) in [6.45, 7) is 2.69. The first-order valence-electron chi connectivity index (χ1n) is 4.86. The molecule has 0 aliphatic heterocycles. The van der Waals surface area contributed by atoms with Crippen molar-refractivity contribution in [1.29, 1.82) is 0 Å². The standard InChI is InChI=1S/C9H13Cl2NO3S2/c1-7-6-8(16-9(7)11)17(13,14)12-3-5-15-4-2-10/h6,12H,2-5H2,1H3. The zero-order chi connectivity index (χ0) is 12.9. The highest BCUT2D eigenvalue weighted by Gasteiger charge is 2.17. The van der Waals surface area contributed by atoms with Gasteiger partial charge in [0.15, 0.2) is 0 Å². The number of halogens is 2. The molecule has 0 bridgehead atoms. The van der Waals surface area contributed by atoms with E-state index in [9.17, 15) is 8.42 Å². The molecular formula is C9H13Cl2NO3S2. The van der Waals surface area contributed by atoms with Gasteiger partial charge < -0.3 is 4.74 Å². The minimum atomic E-state index is -3.48. The Labute approximate surface area is 115 Å². The summed E-state index contributed by atoms with van der Waals surface area (Å²) in [7, 11) is -3.48. The molecule has 1 rings (SSSR count). The van der Waals surface area contributed by atoms with Crippen molar-refractivity contribution in [1.82, 2.24) is 4.72 Å². The van der Waals surface area contributed by atoms with Gasteiger partial charge in [-0.25, -0.2) is 13.1 Å². The lowest BCUT2D eigenvalue weighted by atomic mass is 10.4. The Balaban J connectivity index is 2.51. The minimum absolute atomic E-state index is 0.216. The fourth-order valence-electron chi connectivity index (χ4n) is 1.04. The molecule has 0 atom stereocenters. The average molecular weight is 318 g/mol. The summed E-state index contributed by atoms with van der Waals surface area (Å²) >= 11 is 12.3. The van der Waals surface area contributed by atoms with Gasteiger partial charge in [0.1, 0.15) is 4.21 Å². The largest absolute Gasteiger partial charge is 0.379 e.